The first-order valence-electron chi connectivity index (χ1n) is 35.7. The summed E-state index contributed by atoms with van der Waals surface area (Å²) >= 11 is 0. The number of hydrogen-bond donors (Lipinski definition) is 6. The first-order valence-corrected chi connectivity index (χ1v) is 35.7. The van der Waals surface area contributed by atoms with Crippen LogP contribution in [0.2, 0.25) is 0 Å². The van der Waals surface area contributed by atoms with Gasteiger partial charge in [0, 0.05) is 6.42 Å². The highest BCUT2D eigenvalue weighted by Crippen LogP contribution is 2.23. The van der Waals surface area contributed by atoms with Crippen LogP contribution < -0.4 is 5.32 Å². The van der Waals surface area contributed by atoms with Gasteiger partial charge < -0.3 is 40.3 Å². The predicted molar refractivity (Wildman–Crippen MR) is 355 cm³/mol. The molecule has 7 atom stereocenters. The van der Waals surface area contributed by atoms with Gasteiger partial charge >= 0.3 is 0 Å². The summed E-state index contributed by atoms with van der Waals surface area (Å²) in [6.07, 6.45) is 81.6. The lowest BCUT2D eigenvalue weighted by atomic mass is 9.99. The molecule has 0 radical (unpaired) electrons. The van der Waals surface area contributed by atoms with Gasteiger partial charge in [0.2, 0.25) is 5.91 Å². The van der Waals surface area contributed by atoms with Gasteiger partial charge in [0.15, 0.2) is 6.29 Å². The topological polar surface area (TPSA) is 149 Å². The van der Waals surface area contributed by atoms with E-state index in [1.807, 2.05) is 6.08 Å². The van der Waals surface area contributed by atoms with Gasteiger partial charge in [-0.15, -0.1) is 0 Å². The molecule has 83 heavy (non-hydrogen) atoms. The van der Waals surface area contributed by atoms with Crippen LogP contribution in [-0.4, -0.2) is 87.5 Å². The number of amides is 1. The number of nitrogens with one attached hydrogen (secondary N) is 1. The first kappa shape index (κ1) is 78.6. The molecule has 6 N–H and O–H groups in total. The van der Waals surface area contributed by atoms with Crippen molar-refractivity contribution in [3.8, 4) is 0 Å². The van der Waals surface area contributed by atoms with E-state index >= 15 is 0 Å². The van der Waals surface area contributed by atoms with Crippen molar-refractivity contribution in [3.63, 3.8) is 0 Å². The highest BCUT2D eigenvalue weighted by molar-refractivity contribution is 5.76. The summed E-state index contributed by atoms with van der Waals surface area (Å²) in [5.74, 6) is -0.171. The second-order valence-electron chi connectivity index (χ2n) is 24.7. The number of unbranched alkanes of at least 4 members (excludes halogenated alkanes) is 42. The highest BCUT2D eigenvalue weighted by Gasteiger charge is 2.44. The maximum Gasteiger partial charge on any atom is 0.220 e. The van der Waals surface area contributed by atoms with Crippen molar-refractivity contribution in [1.29, 1.82) is 0 Å². The average molecular weight is 1170 g/mol. The zero-order valence-corrected chi connectivity index (χ0v) is 54.2. The van der Waals surface area contributed by atoms with Crippen LogP contribution in [0.4, 0.5) is 0 Å². The summed E-state index contributed by atoms with van der Waals surface area (Å²) in [4.78, 5) is 13.1. The summed E-state index contributed by atoms with van der Waals surface area (Å²) in [5, 5.41) is 54.7. The van der Waals surface area contributed by atoms with Crippen LogP contribution in [0.3, 0.4) is 0 Å². The Balaban J connectivity index is 2.05. The van der Waals surface area contributed by atoms with E-state index in [4.69, 9.17) is 9.47 Å². The number of aliphatic hydroxyl groups is 5. The van der Waals surface area contributed by atoms with E-state index in [9.17, 15) is 30.3 Å². The van der Waals surface area contributed by atoms with Crippen molar-refractivity contribution < 1.29 is 39.8 Å². The number of ether oxygens (including phenoxy) is 2. The van der Waals surface area contributed by atoms with E-state index in [2.05, 4.69) is 79.9 Å². The Morgan fingerprint density at radius 3 is 1.11 bits per heavy atom. The monoisotopic (exact) mass is 1170 g/mol. The van der Waals surface area contributed by atoms with Gasteiger partial charge in [0.25, 0.3) is 0 Å². The fourth-order valence-electron chi connectivity index (χ4n) is 11.2. The molecule has 0 aromatic heterocycles. The second-order valence-corrected chi connectivity index (χ2v) is 24.7. The zero-order chi connectivity index (χ0) is 60.0. The molecule has 0 saturated carbocycles. The Labute approximate surface area is 512 Å². The predicted octanol–water partition coefficient (Wildman–Crippen LogP) is 19.5. The van der Waals surface area contributed by atoms with Gasteiger partial charge in [-0.25, -0.2) is 0 Å². The fraction of sp³-hybridized carbons (Fsp3) is 0.824. The van der Waals surface area contributed by atoms with E-state index < -0.39 is 49.5 Å². The van der Waals surface area contributed by atoms with Crippen molar-refractivity contribution in [2.45, 2.75) is 378 Å². The third-order valence-electron chi connectivity index (χ3n) is 16.8. The van der Waals surface area contributed by atoms with Crippen molar-refractivity contribution in [3.05, 3.63) is 72.9 Å². The lowest BCUT2D eigenvalue weighted by molar-refractivity contribution is -0.302. The lowest BCUT2D eigenvalue weighted by Crippen LogP contribution is -2.60. The molecule has 1 amide bonds. The van der Waals surface area contributed by atoms with Gasteiger partial charge in [-0.3, -0.25) is 4.79 Å². The molecule has 0 aliphatic carbocycles. The highest BCUT2D eigenvalue weighted by atomic mass is 16.7. The molecule has 0 spiro atoms. The maximum atomic E-state index is 13.1. The molecular weight excluding hydrogens is 1030 g/mol. The van der Waals surface area contributed by atoms with E-state index in [0.717, 1.165) is 70.6 Å². The number of aliphatic hydroxyl groups excluding tert-OH is 5. The minimum Gasteiger partial charge on any atom is -0.394 e. The van der Waals surface area contributed by atoms with Crippen LogP contribution in [0, 0.1) is 0 Å². The molecule has 0 bridgehead atoms. The summed E-state index contributed by atoms with van der Waals surface area (Å²) in [6.45, 7) is 3.70. The minimum atomic E-state index is -1.57. The third kappa shape index (κ3) is 51.4. The van der Waals surface area contributed by atoms with Gasteiger partial charge in [0.05, 0.1) is 25.4 Å². The van der Waals surface area contributed by atoms with Crippen molar-refractivity contribution in [2.24, 2.45) is 0 Å². The zero-order valence-electron chi connectivity index (χ0n) is 54.2. The summed E-state index contributed by atoms with van der Waals surface area (Å²) in [5.41, 5.74) is 0. The number of carbonyl (C=O) groups excluding carboxylic acids is 1. The molecule has 1 rings (SSSR count). The average Bonchev–Trinajstić information content (AvgIpc) is 3.61. The maximum absolute atomic E-state index is 13.1. The molecule has 0 aromatic rings. The molecule has 1 fully saturated rings. The fourth-order valence-corrected chi connectivity index (χ4v) is 11.2. The summed E-state index contributed by atoms with van der Waals surface area (Å²) < 4.78 is 11.3. The summed E-state index contributed by atoms with van der Waals surface area (Å²) in [6, 6.07) is -0.805. The van der Waals surface area contributed by atoms with Crippen LogP contribution >= 0.6 is 0 Å². The summed E-state index contributed by atoms with van der Waals surface area (Å²) in [7, 11) is 0. The quantitative estimate of drug-likeness (QED) is 0.0261. The SMILES string of the molecule is CC/C=C\C/C=C\C/C=C\C/C=C\C/C=C\CCCCCCCCCCCCCCCCCCCCCCCCCCCC(=O)NC(COC1OC(CO)C(O)C(O)C1O)C(O)/C=C/CCCCCCCCCCCCCCCCCCC. The van der Waals surface area contributed by atoms with Crippen molar-refractivity contribution in [1.82, 2.24) is 5.32 Å². The third-order valence-corrected chi connectivity index (χ3v) is 16.8. The Hall–Kier alpha value is -2.37. The number of hydrogen-bond acceptors (Lipinski definition) is 8. The van der Waals surface area contributed by atoms with Gasteiger partial charge in [-0.05, 0) is 64.2 Å². The Kier molecular flexibility index (Phi) is 59.4. The molecule has 1 aliphatic heterocycles. The smallest absolute Gasteiger partial charge is 0.220 e. The Bertz CT molecular complexity index is 1540. The van der Waals surface area contributed by atoms with E-state index in [0.29, 0.717) is 6.42 Å². The van der Waals surface area contributed by atoms with Crippen LogP contribution in [0.5, 0.6) is 0 Å². The largest absolute Gasteiger partial charge is 0.394 e. The second kappa shape index (κ2) is 62.7. The molecule has 1 aliphatic rings. The van der Waals surface area contributed by atoms with Crippen LogP contribution in [0.15, 0.2) is 72.9 Å². The van der Waals surface area contributed by atoms with E-state index in [1.54, 1.807) is 6.08 Å². The van der Waals surface area contributed by atoms with Crippen LogP contribution in [0.1, 0.15) is 335 Å². The molecule has 9 nitrogen and oxygen atoms in total. The molecule has 7 unspecified atom stereocenters. The van der Waals surface area contributed by atoms with Crippen molar-refractivity contribution in [2.75, 3.05) is 13.2 Å². The molecule has 1 heterocycles. The molecule has 484 valence electrons. The molecule has 1 saturated heterocycles. The lowest BCUT2D eigenvalue weighted by Gasteiger charge is -2.40. The molecular formula is C74H135NO8. The first-order chi connectivity index (χ1) is 40.8. The van der Waals surface area contributed by atoms with Crippen LogP contribution in [0.25, 0.3) is 0 Å². The van der Waals surface area contributed by atoms with Gasteiger partial charge in [-0.1, -0.05) is 337 Å². The Morgan fingerprint density at radius 1 is 0.422 bits per heavy atom. The van der Waals surface area contributed by atoms with Gasteiger partial charge in [0.1, 0.15) is 24.4 Å². The van der Waals surface area contributed by atoms with E-state index in [-0.39, 0.29) is 12.5 Å². The Morgan fingerprint density at radius 2 is 0.747 bits per heavy atom. The number of carbonyl (C=O) groups is 1. The van der Waals surface area contributed by atoms with Gasteiger partial charge in [-0.2, -0.15) is 0 Å². The van der Waals surface area contributed by atoms with Crippen LogP contribution in [-0.2, 0) is 14.3 Å². The number of rotatable bonds is 62. The standard InChI is InChI=1S/C74H135NO8/c1-3-5-7-9-11-13-15-17-19-21-23-24-25-26-27-28-29-30-31-32-33-34-35-36-37-38-39-40-41-42-43-44-46-48-50-52-54-56-58-60-62-64-70(78)75-67(66-82-74-73(81)72(80)71(79)69(65-76)83-74)68(77)63-61-59-57-55-53-51-49-47-45-22-20-18-16-14-12-10-8-6-4-2/h5,7,11,13,17,19,23-24,26-27,61,63,67-69,71-74,76-77,79-81H,3-4,6,8-10,12,14-16,18,20-22,25,28-60,62,64-66H2,1-2H3,(H,75,78)/b7-5-,13-11-,19-17-,24-23-,27-26-,63-61+. The van der Waals surface area contributed by atoms with E-state index in [1.165, 1.54) is 244 Å². The molecule has 9 heteroatoms. The van der Waals surface area contributed by atoms with Crippen molar-refractivity contribution >= 4 is 5.91 Å². The molecule has 0 aromatic carbocycles. The normalized spacial score (nSPS) is 18.7. The minimum absolute atomic E-state index is 0.171. The number of allylic oxidation sites excluding steroid dienone is 11.